The molecule has 2 N–H and O–H groups in total. The zero-order chi connectivity index (χ0) is 15.8. The van der Waals surface area contributed by atoms with Crippen LogP contribution in [0.4, 0.5) is 0 Å². The highest BCUT2D eigenvalue weighted by molar-refractivity contribution is 7.99. The molecule has 0 bridgehead atoms. The Balaban J connectivity index is 3.17. The molecule has 0 saturated heterocycles. The average molecular weight is 318 g/mol. The normalized spacial score (nSPS) is 12.3. The van der Waals surface area contributed by atoms with Crippen molar-refractivity contribution in [3.8, 4) is 0 Å². The van der Waals surface area contributed by atoms with Crippen LogP contribution in [-0.2, 0) is 9.53 Å². The summed E-state index contributed by atoms with van der Waals surface area (Å²) in [5, 5.41) is 0. The molecule has 0 heterocycles. The largest absolute Gasteiger partial charge is 0.465 e. The molecule has 1 atom stereocenters. The molecule has 0 aliphatic heterocycles. The summed E-state index contributed by atoms with van der Waals surface area (Å²) in [5.74, 6) is 1.51. The average Bonchev–Trinajstić information content (AvgIpc) is 2.48. The third-order valence-corrected chi connectivity index (χ3v) is 4.70. The maximum Gasteiger partial charge on any atom is 0.323 e. The second-order valence-corrected chi connectivity index (χ2v) is 6.77. The van der Waals surface area contributed by atoms with Gasteiger partial charge in [0.2, 0.25) is 0 Å². The summed E-state index contributed by atoms with van der Waals surface area (Å²) < 4.78 is 4.88. The number of thioether (sulfide) groups is 1. The second-order valence-electron chi connectivity index (χ2n) is 5.62. The van der Waals surface area contributed by atoms with Gasteiger partial charge in [0.25, 0.3) is 0 Å². The van der Waals surface area contributed by atoms with Gasteiger partial charge in [-0.3, -0.25) is 4.79 Å². The topological polar surface area (TPSA) is 52.3 Å². The molecule has 0 aromatic rings. The van der Waals surface area contributed by atoms with E-state index in [1.165, 1.54) is 64.2 Å². The maximum atomic E-state index is 11.3. The highest BCUT2D eigenvalue weighted by Gasteiger charge is 2.13. The number of ether oxygens (including phenoxy) is 1. The Morgan fingerprint density at radius 3 is 2.00 bits per heavy atom. The Labute approximate surface area is 135 Å². The van der Waals surface area contributed by atoms with Gasteiger partial charge in [-0.1, -0.05) is 64.7 Å². The number of unbranched alkanes of at least 4 members (excludes halogenated alkanes) is 9. The fraction of sp³-hybridized carbons (Fsp3) is 0.941. The summed E-state index contributed by atoms with van der Waals surface area (Å²) in [4.78, 5) is 11.3. The molecule has 0 aromatic heterocycles. The Morgan fingerprint density at radius 2 is 1.48 bits per heavy atom. The lowest BCUT2D eigenvalue weighted by Gasteiger charge is -2.09. The van der Waals surface area contributed by atoms with E-state index in [1.54, 1.807) is 11.8 Å². The predicted octanol–water partition coefficient (Wildman–Crippen LogP) is 4.53. The van der Waals surface area contributed by atoms with Crippen LogP contribution in [0.15, 0.2) is 0 Å². The Hall–Kier alpha value is -0.220. The van der Waals surface area contributed by atoms with Gasteiger partial charge in [0.1, 0.15) is 6.04 Å². The van der Waals surface area contributed by atoms with Crippen LogP contribution in [0.1, 0.15) is 78.1 Å². The number of hydrogen-bond donors (Lipinski definition) is 1. The van der Waals surface area contributed by atoms with Gasteiger partial charge in [0.15, 0.2) is 0 Å². The highest BCUT2D eigenvalue weighted by atomic mass is 32.2. The molecule has 0 amide bonds. The van der Waals surface area contributed by atoms with Crippen LogP contribution in [0.25, 0.3) is 0 Å². The smallest absolute Gasteiger partial charge is 0.323 e. The minimum atomic E-state index is -0.460. The number of nitrogens with two attached hydrogens (primary N) is 1. The molecule has 3 nitrogen and oxygen atoms in total. The van der Waals surface area contributed by atoms with Gasteiger partial charge in [-0.25, -0.2) is 0 Å². The van der Waals surface area contributed by atoms with E-state index in [0.29, 0.717) is 12.4 Å². The molecular weight excluding hydrogens is 282 g/mol. The van der Waals surface area contributed by atoms with E-state index in [2.05, 4.69) is 6.92 Å². The van der Waals surface area contributed by atoms with Gasteiger partial charge in [-0.05, 0) is 19.1 Å². The van der Waals surface area contributed by atoms with Crippen molar-refractivity contribution in [2.75, 3.05) is 18.1 Å². The molecule has 0 aromatic carbocycles. The van der Waals surface area contributed by atoms with E-state index in [-0.39, 0.29) is 5.97 Å². The fourth-order valence-corrected chi connectivity index (χ4v) is 3.18. The molecule has 21 heavy (non-hydrogen) atoms. The van der Waals surface area contributed by atoms with Crippen molar-refractivity contribution in [1.29, 1.82) is 0 Å². The van der Waals surface area contributed by atoms with Crippen LogP contribution >= 0.6 is 11.8 Å². The van der Waals surface area contributed by atoms with Crippen LogP contribution < -0.4 is 5.73 Å². The van der Waals surface area contributed by atoms with E-state index in [0.717, 1.165) is 5.75 Å². The summed E-state index contributed by atoms with van der Waals surface area (Å²) in [6.07, 6.45) is 13.6. The number of carbonyl (C=O) groups excluding carboxylic acids is 1. The molecule has 0 radical (unpaired) electrons. The third-order valence-electron chi connectivity index (χ3n) is 3.53. The van der Waals surface area contributed by atoms with Crippen molar-refractivity contribution >= 4 is 17.7 Å². The lowest BCUT2D eigenvalue weighted by atomic mass is 10.1. The summed E-state index contributed by atoms with van der Waals surface area (Å²) in [7, 11) is 0. The zero-order valence-electron chi connectivity index (χ0n) is 14.1. The van der Waals surface area contributed by atoms with Crippen molar-refractivity contribution in [3.63, 3.8) is 0 Å². The second kappa shape index (κ2) is 16.2. The van der Waals surface area contributed by atoms with Crippen molar-refractivity contribution < 1.29 is 9.53 Å². The molecule has 0 saturated carbocycles. The first-order valence-corrected chi connectivity index (χ1v) is 9.87. The van der Waals surface area contributed by atoms with Gasteiger partial charge in [0, 0.05) is 5.75 Å². The van der Waals surface area contributed by atoms with Crippen molar-refractivity contribution in [2.45, 2.75) is 84.1 Å². The SMILES string of the molecule is CCCCCCCCCCCCSCC(N)C(=O)OCC. The van der Waals surface area contributed by atoms with E-state index in [9.17, 15) is 4.79 Å². The predicted molar refractivity (Wildman–Crippen MR) is 93.8 cm³/mol. The minimum Gasteiger partial charge on any atom is -0.465 e. The maximum absolute atomic E-state index is 11.3. The summed E-state index contributed by atoms with van der Waals surface area (Å²) in [6, 6.07) is -0.460. The summed E-state index contributed by atoms with van der Waals surface area (Å²) in [6.45, 7) is 4.48. The fourth-order valence-electron chi connectivity index (χ4n) is 2.22. The van der Waals surface area contributed by atoms with E-state index < -0.39 is 6.04 Å². The zero-order valence-corrected chi connectivity index (χ0v) is 14.9. The molecule has 0 fully saturated rings. The van der Waals surface area contributed by atoms with Crippen LogP contribution in [0.2, 0.25) is 0 Å². The molecule has 0 spiro atoms. The Kier molecular flexibility index (Phi) is 16.0. The number of esters is 1. The van der Waals surface area contributed by atoms with Crippen LogP contribution in [-0.4, -0.2) is 30.1 Å². The lowest BCUT2D eigenvalue weighted by Crippen LogP contribution is -2.34. The molecule has 0 aliphatic carbocycles. The third kappa shape index (κ3) is 14.5. The number of hydrogen-bond acceptors (Lipinski definition) is 4. The van der Waals surface area contributed by atoms with Gasteiger partial charge < -0.3 is 10.5 Å². The van der Waals surface area contributed by atoms with Crippen LogP contribution in [0.5, 0.6) is 0 Å². The van der Waals surface area contributed by atoms with E-state index in [4.69, 9.17) is 10.5 Å². The van der Waals surface area contributed by atoms with Crippen molar-refractivity contribution in [2.24, 2.45) is 5.73 Å². The van der Waals surface area contributed by atoms with E-state index in [1.807, 2.05) is 6.92 Å². The van der Waals surface area contributed by atoms with E-state index >= 15 is 0 Å². The van der Waals surface area contributed by atoms with Gasteiger partial charge in [-0.2, -0.15) is 11.8 Å². The van der Waals surface area contributed by atoms with Crippen LogP contribution in [0.3, 0.4) is 0 Å². The monoisotopic (exact) mass is 317 g/mol. The van der Waals surface area contributed by atoms with Gasteiger partial charge >= 0.3 is 5.97 Å². The summed E-state index contributed by atoms with van der Waals surface area (Å²) >= 11 is 1.77. The van der Waals surface area contributed by atoms with Crippen molar-refractivity contribution in [1.82, 2.24) is 0 Å². The quantitative estimate of drug-likeness (QED) is 0.356. The standard InChI is InChI=1S/C17H35NO2S/c1-3-5-6-7-8-9-10-11-12-13-14-21-15-16(18)17(19)20-4-2/h16H,3-15,18H2,1-2H3. The molecule has 0 aliphatic rings. The molecular formula is C17H35NO2S. The van der Waals surface area contributed by atoms with Gasteiger partial charge in [0.05, 0.1) is 6.61 Å². The highest BCUT2D eigenvalue weighted by Crippen LogP contribution is 2.12. The first-order chi connectivity index (χ1) is 10.2. The lowest BCUT2D eigenvalue weighted by molar-refractivity contribution is -0.144. The Morgan fingerprint density at radius 1 is 0.952 bits per heavy atom. The van der Waals surface area contributed by atoms with Crippen LogP contribution in [0, 0.1) is 0 Å². The molecule has 4 heteroatoms. The molecule has 126 valence electrons. The number of carbonyl (C=O) groups is 1. The minimum absolute atomic E-state index is 0.270. The van der Waals surface area contributed by atoms with Crippen molar-refractivity contribution in [3.05, 3.63) is 0 Å². The Bertz CT molecular complexity index is 237. The first kappa shape index (κ1) is 20.8. The first-order valence-electron chi connectivity index (χ1n) is 8.72. The molecule has 0 rings (SSSR count). The summed E-state index contributed by atoms with van der Waals surface area (Å²) in [5.41, 5.74) is 5.74. The van der Waals surface area contributed by atoms with Gasteiger partial charge in [-0.15, -0.1) is 0 Å². The molecule has 1 unspecified atom stereocenters. The number of rotatable bonds is 15.